The molecule has 1 unspecified atom stereocenters. The van der Waals surface area contributed by atoms with Crippen LogP contribution in [0.15, 0.2) is 71.7 Å². The van der Waals surface area contributed by atoms with E-state index in [0.29, 0.717) is 35.7 Å². The van der Waals surface area contributed by atoms with E-state index in [1.165, 1.54) is 12.1 Å². The first-order valence-electron chi connectivity index (χ1n) is 13.5. The molecule has 1 fully saturated rings. The van der Waals surface area contributed by atoms with E-state index in [2.05, 4.69) is 22.2 Å². The van der Waals surface area contributed by atoms with Gasteiger partial charge in [-0.05, 0) is 60.5 Å². The summed E-state index contributed by atoms with van der Waals surface area (Å²) < 4.78 is 0. The third-order valence-corrected chi connectivity index (χ3v) is 7.94. The number of aliphatic imine (C=N–C) groups is 1. The lowest BCUT2D eigenvalue weighted by molar-refractivity contribution is -0.120. The van der Waals surface area contributed by atoms with Crippen molar-refractivity contribution in [3.63, 3.8) is 0 Å². The summed E-state index contributed by atoms with van der Waals surface area (Å²) in [4.78, 5) is 49.2. The molecule has 2 N–H and O–H groups in total. The molecule has 204 valence electrons. The van der Waals surface area contributed by atoms with E-state index in [1.807, 2.05) is 53.4 Å². The van der Waals surface area contributed by atoms with Gasteiger partial charge in [-0.15, -0.1) is 0 Å². The Labute approximate surface area is 232 Å². The number of nitrogens with zero attached hydrogens (tertiary/aromatic N) is 4. The van der Waals surface area contributed by atoms with Gasteiger partial charge in [0.15, 0.2) is 0 Å². The first-order valence-corrected chi connectivity index (χ1v) is 13.5. The SMILES string of the molecule is CN1CCN(CC(=O)N2CCc3cc(N=C(c4ccccc4)C4C(=O)Nc5cc(C(=O)O)ccc54)ccc32)CC1. The first kappa shape index (κ1) is 25.9. The Hall–Kier alpha value is -4.34. The van der Waals surface area contributed by atoms with Crippen molar-refractivity contribution in [3.05, 3.63) is 89.0 Å². The monoisotopic (exact) mass is 537 g/mol. The summed E-state index contributed by atoms with van der Waals surface area (Å²) in [6, 6.07) is 20.1. The molecule has 40 heavy (non-hydrogen) atoms. The number of fused-ring (bicyclic) bond motifs is 2. The van der Waals surface area contributed by atoms with Gasteiger partial charge in [0.1, 0.15) is 5.92 Å². The number of hydrogen-bond donors (Lipinski definition) is 2. The number of rotatable bonds is 6. The van der Waals surface area contributed by atoms with E-state index in [4.69, 9.17) is 4.99 Å². The Bertz CT molecular complexity index is 1510. The lowest BCUT2D eigenvalue weighted by atomic mass is 9.90. The van der Waals surface area contributed by atoms with Gasteiger partial charge in [0.2, 0.25) is 11.8 Å². The predicted octanol–water partition coefficient (Wildman–Crippen LogP) is 3.38. The molecule has 0 bridgehead atoms. The largest absolute Gasteiger partial charge is 0.478 e. The number of hydrogen-bond acceptors (Lipinski definition) is 6. The molecule has 0 saturated carbocycles. The van der Waals surface area contributed by atoms with E-state index in [1.54, 1.807) is 6.07 Å². The summed E-state index contributed by atoms with van der Waals surface area (Å²) in [5, 5.41) is 12.2. The molecule has 3 aromatic carbocycles. The molecular weight excluding hydrogens is 506 g/mol. The van der Waals surface area contributed by atoms with Crippen molar-refractivity contribution in [2.75, 3.05) is 56.5 Å². The van der Waals surface area contributed by atoms with E-state index in [9.17, 15) is 19.5 Å². The molecule has 6 rings (SSSR count). The second-order valence-corrected chi connectivity index (χ2v) is 10.6. The zero-order valence-corrected chi connectivity index (χ0v) is 22.3. The minimum atomic E-state index is -1.05. The number of carbonyl (C=O) groups excluding carboxylic acids is 2. The Morgan fingerprint density at radius 3 is 2.48 bits per heavy atom. The lowest BCUT2D eigenvalue weighted by Gasteiger charge is -2.32. The second-order valence-electron chi connectivity index (χ2n) is 10.6. The predicted molar refractivity (Wildman–Crippen MR) is 154 cm³/mol. The number of likely N-dealkylation sites (N-methyl/N-ethyl adjacent to an activating group) is 1. The van der Waals surface area contributed by atoms with Crippen LogP contribution >= 0.6 is 0 Å². The number of anilines is 2. The average molecular weight is 538 g/mol. The van der Waals surface area contributed by atoms with Crippen molar-refractivity contribution >= 4 is 40.6 Å². The zero-order chi connectivity index (χ0) is 27.8. The maximum atomic E-state index is 13.2. The molecule has 1 atom stereocenters. The van der Waals surface area contributed by atoms with E-state index in [-0.39, 0.29) is 17.4 Å². The van der Waals surface area contributed by atoms with Gasteiger partial charge in [0.05, 0.1) is 23.5 Å². The van der Waals surface area contributed by atoms with Gasteiger partial charge in [0.25, 0.3) is 0 Å². The number of nitrogens with one attached hydrogen (secondary N) is 1. The van der Waals surface area contributed by atoms with Gasteiger partial charge in [-0.25, -0.2) is 4.79 Å². The zero-order valence-electron chi connectivity index (χ0n) is 22.3. The van der Waals surface area contributed by atoms with Gasteiger partial charge >= 0.3 is 5.97 Å². The Kier molecular flexibility index (Phi) is 6.91. The van der Waals surface area contributed by atoms with Crippen molar-refractivity contribution in [2.45, 2.75) is 12.3 Å². The molecule has 0 radical (unpaired) electrons. The minimum Gasteiger partial charge on any atom is -0.478 e. The number of carbonyl (C=O) groups is 3. The standard InChI is InChI=1S/C31H31N5O4/c1-34-13-15-35(16-14-34)19-27(37)36-12-11-21-17-23(8-10-26(21)36)32-29(20-5-3-2-4-6-20)28-24-9-7-22(31(39)40)18-25(24)33-30(28)38/h2-10,17-18,28H,11-16,19H2,1H3,(H,33,38)(H,39,40). The third kappa shape index (κ3) is 5.01. The van der Waals surface area contributed by atoms with Gasteiger partial charge in [0, 0.05) is 44.1 Å². The number of benzene rings is 3. The van der Waals surface area contributed by atoms with E-state index in [0.717, 1.165) is 49.4 Å². The van der Waals surface area contributed by atoms with Gasteiger partial charge in [-0.1, -0.05) is 36.4 Å². The highest BCUT2D eigenvalue weighted by Gasteiger charge is 2.36. The molecular formula is C31H31N5O4. The van der Waals surface area contributed by atoms with Crippen LogP contribution in [0, 0.1) is 0 Å². The molecule has 3 aliphatic heterocycles. The van der Waals surface area contributed by atoms with Crippen LogP contribution in [0.5, 0.6) is 0 Å². The maximum absolute atomic E-state index is 13.2. The molecule has 3 aliphatic rings. The smallest absolute Gasteiger partial charge is 0.335 e. The quantitative estimate of drug-likeness (QED) is 0.467. The molecule has 3 aromatic rings. The lowest BCUT2D eigenvalue weighted by Crippen LogP contribution is -2.48. The number of amides is 2. The van der Waals surface area contributed by atoms with E-state index < -0.39 is 11.9 Å². The van der Waals surface area contributed by atoms with Crippen molar-refractivity contribution in [3.8, 4) is 0 Å². The molecule has 2 amide bonds. The summed E-state index contributed by atoms with van der Waals surface area (Å²) >= 11 is 0. The van der Waals surface area contributed by atoms with Gasteiger partial charge < -0.3 is 20.2 Å². The second kappa shape index (κ2) is 10.7. The van der Waals surface area contributed by atoms with Crippen molar-refractivity contribution in [1.82, 2.24) is 9.80 Å². The van der Waals surface area contributed by atoms with Crippen LogP contribution in [0.3, 0.4) is 0 Å². The highest BCUT2D eigenvalue weighted by atomic mass is 16.4. The van der Waals surface area contributed by atoms with Crippen LogP contribution in [0.4, 0.5) is 17.1 Å². The van der Waals surface area contributed by atoms with Crippen LogP contribution in [0.2, 0.25) is 0 Å². The van der Waals surface area contributed by atoms with Crippen LogP contribution in [0.25, 0.3) is 0 Å². The topological polar surface area (TPSA) is 106 Å². The van der Waals surface area contributed by atoms with Crippen LogP contribution in [-0.4, -0.2) is 84.7 Å². The summed E-state index contributed by atoms with van der Waals surface area (Å²) in [5.74, 6) is -1.87. The molecule has 9 nitrogen and oxygen atoms in total. The van der Waals surface area contributed by atoms with E-state index >= 15 is 0 Å². The Balaban J connectivity index is 1.30. The molecule has 0 spiro atoms. The number of carboxylic acids is 1. The molecule has 9 heteroatoms. The van der Waals surface area contributed by atoms with Crippen molar-refractivity contribution in [1.29, 1.82) is 0 Å². The number of piperazine rings is 1. The Morgan fingerprint density at radius 2 is 1.73 bits per heavy atom. The van der Waals surface area contributed by atoms with Gasteiger partial charge in [-0.3, -0.25) is 19.5 Å². The summed E-state index contributed by atoms with van der Waals surface area (Å²) in [7, 11) is 2.10. The molecule has 0 aromatic heterocycles. The first-order chi connectivity index (χ1) is 19.4. The van der Waals surface area contributed by atoms with Crippen LogP contribution < -0.4 is 10.2 Å². The minimum absolute atomic E-state index is 0.114. The number of carboxylic acid groups (broad SMARTS) is 1. The molecule has 3 heterocycles. The highest BCUT2D eigenvalue weighted by molar-refractivity contribution is 6.24. The average Bonchev–Trinajstić information content (AvgIpc) is 3.53. The van der Waals surface area contributed by atoms with Crippen LogP contribution in [-0.2, 0) is 16.0 Å². The summed E-state index contributed by atoms with van der Waals surface area (Å²) in [5.41, 5.74) is 5.37. The molecule has 1 saturated heterocycles. The molecule has 0 aliphatic carbocycles. The highest BCUT2D eigenvalue weighted by Crippen LogP contribution is 2.38. The summed E-state index contributed by atoms with van der Waals surface area (Å²) in [6.07, 6.45) is 0.749. The fraction of sp³-hybridized carbons (Fsp3) is 0.290. The normalized spacial score (nSPS) is 19.3. The van der Waals surface area contributed by atoms with Gasteiger partial charge in [-0.2, -0.15) is 0 Å². The maximum Gasteiger partial charge on any atom is 0.335 e. The van der Waals surface area contributed by atoms with Crippen LogP contribution in [0.1, 0.15) is 33.0 Å². The fourth-order valence-electron chi connectivity index (χ4n) is 5.71. The summed E-state index contributed by atoms with van der Waals surface area (Å²) in [6.45, 7) is 4.80. The van der Waals surface area contributed by atoms with Crippen molar-refractivity contribution < 1.29 is 19.5 Å². The van der Waals surface area contributed by atoms with Crippen molar-refractivity contribution in [2.24, 2.45) is 4.99 Å². The third-order valence-electron chi connectivity index (χ3n) is 7.94. The number of aromatic carboxylic acids is 1. The Morgan fingerprint density at radius 1 is 0.950 bits per heavy atom. The fourth-order valence-corrected chi connectivity index (χ4v) is 5.71.